The largest absolute Gasteiger partial charge is 0.444 e. The van der Waals surface area contributed by atoms with Gasteiger partial charge in [0.2, 0.25) is 0 Å². The molecule has 120 valence electrons. The Kier molecular flexibility index (Phi) is 5.05. The maximum Gasteiger partial charge on any atom is 0.407 e. The number of aliphatic hydroxyl groups excluding tert-OH is 2. The highest BCUT2D eigenvalue weighted by Crippen LogP contribution is 2.29. The zero-order valence-corrected chi connectivity index (χ0v) is 13.7. The van der Waals surface area contributed by atoms with Crippen LogP contribution in [0, 0.1) is 0 Å². The summed E-state index contributed by atoms with van der Waals surface area (Å²) >= 11 is 1.57. The molecule has 3 N–H and O–H groups in total. The summed E-state index contributed by atoms with van der Waals surface area (Å²) in [7, 11) is 0. The lowest BCUT2D eigenvalue weighted by atomic mass is 10.0. The van der Waals surface area contributed by atoms with Crippen molar-refractivity contribution < 1.29 is 19.7 Å². The molecule has 0 spiro atoms. The molecule has 2 rings (SSSR count). The first-order valence-corrected chi connectivity index (χ1v) is 7.95. The van der Waals surface area contributed by atoms with Gasteiger partial charge in [-0.05, 0) is 49.2 Å². The van der Waals surface area contributed by atoms with E-state index in [0.717, 1.165) is 10.1 Å². The van der Waals surface area contributed by atoms with Gasteiger partial charge in [0.1, 0.15) is 17.8 Å². The van der Waals surface area contributed by atoms with E-state index in [-0.39, 0.29) is 6.54 Å². The number of benzene rings is 1. The number of rotatable bonds is 4. The minimum Gasteiger partial charge on any atom is -0.444 e. The minimum atomic E-state index is -1.11. The van der Waals surface area contributed by atoms with E-state index in [1.165, 1.54) is 0 Å². The van der Waals surface area contributed by atoms with Crippen molar-refractivity contribution in [2.75, 3.05) is 6.54 Å². The second-order valence-electron chi connectivity index (χ2n) is 6.07. The number of aliphatic hydroxyl groups is 2. The summed E-state index contributed by atoms with van der Waals surface area (Å²) in [6.07, 6.45) is -2.81. The van der Waals surface area contributed by atoms with Crippen LogP contribution >= 0.6 is 11.3 Å². The van der Waals surface area contributed by atoms with Crippen molar-refractivity contribution in [3.05, 3.63) is 35.2 Å². The molecule has 0 saturated heterocycles. The van der Waals surface area contributed by atoms with E-state index >= 15 is 0 Å². The van der Waals surface area contributed by atoms with Crippen LogP contribution in [0.4, 0.5) is 4.79 Å². The maximum atomic E-state index is 11.6. The number of hydrogen-bond acceptors (Lipinski definition) is 5. The third kappa shape index (κ3) is 4.19. The molecular formula is C16H21NO4S. The van der Waals surface area contributed by atoms with Gasteiger partial charge >= 0.3 is 6.09 Å². The highest BCUT2D eigenvalue weighted by molar-refractivity contribution is 7.17. The number of alkyl carbamates (subject to hydrolysis) is 1. The van der Waals surface area contributed by atoms with E-state index in [9.17, 15) is 15.0 Å². The predicted octanol–water partition coefficient (Wildman–Crippen LogP) is 2.82. The first kappa shape index (κ1) is 16.7. The quantitative estimate of drug-likeness (QED) is 0.808. The Morgan fingerprint density at radius 2 is 2.05 bits per heavy atom. The fourth-order valence-electron chi connectivity index (χ4n) is 2.10. The van der Waals surface area contributed by atoms with E-state index in [2.05, 4.69) is 5.32 Å². The number of nitrogens with one attached hydrogen (secondary N) is 1. The van der Waals surface area contributed by atoms with Gasteiger partial charge in [-0.3, -0.25) is 0 Å². The number of amides is 1. The molecular weight excluding hydrogens is 302 g/mol. The van der Waals surface area contributed by atoms with Crippen LogP contribution in [0.2, 0.25) is 0 Å². The molecule has 0 aliphatic rings. The number of ether oxygens (including phenoxy) is 1. The molecule has 1 amide bonds. The predicted molar refractivity (Wildman–Crippen MR) is 87.0 cm³/mol. The summed E-state index contributed by atoms with van der Waals surface area (Å²) in [4.78, 5) is 11.6. The van der Waals surface area contributed by atoms with Crippen LogP contribution in [-0.2, 0) is 4.74 Å². The second-order valence-corrected chi connectivity index (χ2v) is 7.02. The molecule has 0 bridgehead atoms. The Labute approximate surface area is 133 Å². The Morgan fingerprint density at radius 1 is 1.32 bits per heavy atom. The molecule has 5 nitrogen and oxygen atoms in total. The molecule has 0 aliphatic heterocycles. The van der Waals surface area contributed by atoms with Gasteiger partial charge < -0.3 is 20.3 Å². The molecule has 2 aromatic rings. The molecule has 0 saturated carbocycles. The van der Waals surface area contributed by atoms with Crippen LogP contribution in [0.3, 0.4) is 0 Å². The number of hydrogen-bond donors (Lipinski definition) is 3. The SMILES string of the molecule is CC(C)(C)OC(=O)NCC(O)C(O)c1cccc2sccc12. The topological polar surface area (TPSA) is 78.8 Å². The lowest BCUT2D eigenvalue weighted by Gasteiger charge is -2.22. The number of fused-ring (bicyclic) bond motifs is 1. The zero-order chi connectivity index (χ0) is 16.3. The van der Waals surface area contributed by atoms with Crippen LogP contribution < -0.4 is 5.32 Å². The van der Waals surface area contributed by atoms with Gasteiger partial charge in [0.25, 0.3) is 0 Å². The minimum absolute atomic E-state index is 0.0867. The summed E-state index contributed by atoms with van der Waals surface area (Å²) in [5.41, 5.74) is 0.0490. The van der Waals surface area contributed by atoms with Crippen LogP contribution in [0.1, 0.15) is 32.4 Å². The Bertz CT molecular complexity index is 647. The van der Waals surface area contributed by atoms with Crippen molar-refractivity contribution in [1.82, 2.24) is 5.32 Å². The van der Waals surface area contributed by atoms with E-state index in [4.69, 9.17) is 4.74 Å². The Morgan fingerprint density at radius 3 is 2.73 bits per heavy atom. The first-order chi connectivity index (χ1) is 10.3. The van der Waals surface area contributed by atoms with Gasteiger partial charge in [-0.25, -0.2) is 4.79 Å². The Hall–Kier alpha value is -1.63. The standard InChI is InChI=1S/C16H21NO4S/c1-16(2,3)21-15(20)17-9-12(18)14(19)11-5-4-6-13-10(11)7-8-22-13/h4-8,12,14,18-19H,9H2,1-3H3,(H,17,20). The number of carbonyl (C=O) groups is 1. The van der Waals surface area contributed by atoms with Gasteiger partial charge in [-0.1, -0.05) is 12.1 Å². The molecule has 1 aromatic heterocycles. The lowest BCUT2D eigenvalue weighted by molar-refractivity contribution is 0.0136. The van der Waals surface area contributed by atoms with E-state index in [1.54, 1.807) is 38.2 Å². The third-order valence-corrected chi connectivity index (χ3v) is 3.95. The summed E-state index contributed by atoms with van der Waals surface area (Å²) in [5, 5.41) is 25.7. The van der Waals surface area contributed by atoms with Crippen molar-refractivity contribution in [1.29, 1.82) is 0 Å². The summed E-state index contributed by atoms with van der Waals surface area (Å²) in [6, 6.07) is 7.48. The van der Waals surface area contributed by atoms with Crippen LogP contribution in [0.15, 0.2) is 29.6 Å². The molecule has 2 unspecified atom stereocenters. The fourth-order valence-corrected chi connectivity index (χ4v) is 2.92. The van der Waals surface area contributed by atoms with Gasteiger partial charge in [-0.2, -0.15) is 0 Å². The monoisotopic (exact) mass is 323 g/mol. The van der Waals surface area contributed by atoms with E-state index in [0.29, 0.717) is 5.56 Å². The van der Waals surface area contributed by atoms with Crippen LogP contribution in [0.25, 0.3) is 10.1 Å². The van der Waals surface area contributed by atoms with Gasteiger partial charge in [0, 0.05) is 11.2 Å². The van der Waals surface area contributed by atoms with Gasteiger partial charge in [-0.15, -0.1) is 11.3 Å². The van der Waals surface area contributed by atoms with Gasteiger partial charge in [0.15, 0.2) is 0 Å². The summed E-state index contributed by atoms with van der Waals surface area (Å²) in [5.74, 6) is 0. The molecule has 1 aromatic carbocycles. The van der Waals surface area contributed by atoms with Crippen LogP contribution in [0.5, 0.6) is 0 Å². The Balaban J connectivity index is 1.99. The fraction of sp³-hybridized carbons (Fsp3) is 0.438. The molecule has 0 aliphatic carbocycles. The molecule has 0 fully saturated rings. The highest BCUT2D eigenvalue weighted by atomic mass is 32.1. The smallest absolute Gasteiger partial charge is 0.407 e. The molecule has 2 atom stereocenters. The van der Waals surface area contributed by atoms with E-state index < -0.39 is 23.9 Å². The normalized spacial score (nSPS) is 14.6. The lowest BCUT2D eigenvalue weighted by Crippen LogP contribution is -2.38. The highest BCUT2D eigenvalue weighted by Gasteiger charge is 2.22. The van der Waals surface area contributed by atoms with Crippen molar-refractivity contribution in [2.45, 2.75) is 38.6 Å². The molecule has 22 heavy (non-hydrogen) atoms. The first-order valence-electron chi connectivity index (χ1n) is 7.07. The molecule has 0 radical (unpaired) electrons. The second kappa shape index (κ2) is 6.64. The van der Waals surface area contributed by atoms with E-state index in [1.807, 2.05) is 23.6 Å². The average molecular weight is 323 g/mol. The summed E-state index contributed by atoms with van der Waals surface area (Å²) in [6.45, 7) is 5.19. The molecule has 1 heterocycles. The molecule has 6 heteroatoms. The number of carbonyl (C=O) groups excluding carboxylic acids is 1. The van der Waals surface area contributed by atoms with Crippen molar-refractivity contribution >= 4 is 27.5 Å². The zero-order valence-electron chi connectivity index (χ0n) is 12.9. The van der Waals surface area contributed by atoms with Crippen molar-refractivity contribution in [3.63, 3.8) is 0 Å². The summed E-state index contributed by atoms with van der Waals surface area (Å²) < 4.78 is 6.14. The van der Waals surface area contributed by atoms with Gasteiger partial charge in [0.05, 0.1) is 0 Å². The third-order valence-electron chi connectivity index (χ3n) is 3.07. The number of thiophene rings is 1. The van der Waals surface area contributed by atoms with Crippen LogP contribution in [-0.4, -0.2) is 34.6 Å². The maximum absolute atomic E-state index is 11.6. The van der Waals surface area contributed by atoms with Crippen molar-refractivity contribution in [3.8, 4) is 0 Å². The van der Waals surface area contributed by atoms with Crippen molar-refractivity contribution in [2.24, 2.45) is 0 Å². The average Bonchev–Trinajstić information content (AvgIpc) is 2.90.